The Morgan fingerprint density at radius 3 is 2.57 bits per heavy atom. The van der Waals surface area contributed by atoms with E-state index in [1.807, 2.05) is 13.8 Å². The topological polar surface area (TPSA) is 49.4 Å². The van der Waals surface area contributed by atoms with Crippen molar-refractivity contribution in [2.24, 2.45) is 0 Å². The summed E-state index contributed by atoms with van der Waals surface area (Å²) in [5.41, 5.74) is 0. The molecule has 1 saturated heterocycles. The van der Waals surface area contributed by atoms with Crippen molar-refractivity contribution in [3.8, 4) is 0 Å². The molecule has 0 aliphatic carbocycles. The molecule has 1 heterocycles. The van der Waals surface area contributed by atoms with Gasteiger partial charge >= 0.3 is 6.03 Å². The van der Waals surface area contributed by atoms with Gasteiger partial charge < -0.3 is 5.32 Å². The third-order valence-electron chi connectivity index (χ3n) is 2.42. The first-order valence-electron chi connectivity index (χ1n) is 5.32. The van der Waals surface area contributed by atoms with Crippen molar-refractivity contribution in [3.05, 3.63) is 0 Å². The zero-order chi connectivity index (χ0) is 10.6. The molecule has 0 aromatic rings. The van der Waals surface area contributed by atoms with Crippen LogP contribution in [0.15, 0.2) is 0 Å². The Kier molecular flexibility index (Phi) is 3.92. The van der Waals surface area contributed by atoms with E-state index in [0.29, 0.717) is 6.54 Å². The Morgan fingerprint density at radius 1 is 1.29 bits per heavy atom. The zero-order valence-electron chi connectivity index (χ0n) is 8.88. The summed E-state index contributed by atoms with van der Waals surface area (Å²) in [7, 11) is 0. The Bertz CT molecular complexity index is 228. The number of nitrogens with zero attached hydrogens (tertiary/aromatic N) is 1. The van der Waals surface area contributed by atoms with Gasteiger partial charge in [0.25, 0.3) is 5.91 Å². The molecular formula is C10H18N2O2. The van der Waals surface area contributed by atoms with E-state index in [1.54, 1.807) is 0 Å². The van der Waals surface area contributed by atoms with Crippen LogP contribution in [0.3, 0.4) is 0 Å². The SMILES string of the molecule is CCCCN1C(=O)NC(CCC)C1=O. The van der Waals surface area contributed by atoms with Crippen LogP contribution in [0.4, 0.5) is 4.79 Å². The molecule has 0 radical (unpaired) electrons. The maximum absolute atomic E-state index is 11.7. The molecule has 1 aliphatic heterocycles. The van der Waals surface area contributed by atoms with Crippen molar-refractivity contribution in [1.29, 1.82) is 0 Å². The lowest BCUT2D eigenvalue weighted by atomic mass is 10.1. The van der Waals surface area contributed by atoms with E-state index in [9.17, 15) is 9.59 Å². The first-order valence-corrected chi connectivity index (χ1v) is 5.32. The summed E-state index contributed by atoms with van der Waals surface area (Å²) in [5, 5.41) is 2.70. The van der Waals surface area contributed by atoms with Crippen LogP contribution in [0, 0.1) is 0 Å². The van der Waals surface area contributed by atoms with E-state index in [0.717, 1.165) is 25.7 Å². The second kappa shape index (κ2) is 4.98. The van der Waals surface area contributed by atoms with Gasteiger partial charge in [-0.1, -0.05) is 26.7 Å². The van der Waals surface area contributed by atoms with Gasteiger partial charge in [0.15, 0.2) is 0 Å². The fourth-order valence-electron chi connectivity index (χ4n) is 1.59. The average Bonchev–Trinajstić information content (AvgIpc) is 2.41. The molecule has 1 fully saturated rings. The largest absolute Gasteiger partial charge is 0.326 e. The molecule has 0 aromatic heterocycles. The highest BCUT2D eigenvalue weighted by Crippen LogP contribution is 2.11. The molecule has 1 atom stereocenters. The van der Waals surface area contributed by atoms with Gasteiger partial charge in [0.2, 0.25) is 0 Å². The van der Waals surface area contributed by atoms with Gasteiger partial charge in [-0.2, -0.15) is 0 Å². The second-order valence-corrected chi connectivity index (χ2v) is 3.63. The fourth-order valence-corrected chi connectivity index (χ4v) is 1.59. The van der Waals surface area contributed by atoms with E-state index in [-0.39, 0.29) is 18.0 Å². The van der Waals surface area contributed by atoms with Crippen LogP contribution in [0.2, 0.25) is 0 Å². The van der Waals surface area contributed by atoms with E-state index < -0.39 is 0 Å². The number of hydrogen-bond acceptors (Lipinski definition) is 2. The lowest BCUT2D eigenvalue weighted by Crippen LogP contribution is -2.32. The minimum Gasteiger partial charge on any atom is -0.326 e. The van der Waals surface area contributed by atoms with Gasteiger partial charge in [-0.05, 0) is 12.8 Å². The highest BCUT2D eigenvalue weighted by molar-refractivity contribution is 6.04. The lowest BCUT2D eigenvalue weighted by Gasteiger charge is -2.11. The van der Waals surface area contributed by atoms with Gasteiger partial charge in [0.1, 0.15) is 6.04 Å². The fraction of sp³-hybridized carbons (Fsp3) is 0.800. The molecule has 0 bridgehead atoms. The number of carbonyl (C=O) groups is 2. The van der Waals surface area contributed by atoms with Crippen LogP contribution < -0.4 is 5.32 Å². The summed E-state index contributed by atoms with van der Waals surface area (Å²) in [6.45, 7) is 4.61. The minimum absolute atomic E-state index is 0.0506. The third kappa shape index (κ3) is 2.25. The van der Waals surface area contributed by atoms with Crippen LogP contribution in [0.5, 0.6) is 0 Å². The predicted octanol–water partition coefficient (Wildman–Crippen LogP) is 1.51. The Hall–Kier alpha value is -1.06. The molecular weight excluding hydrogens is 180 g/mol. The van der Waals surface area contributed by atoms with E-state index >= 15 is 0 Å². The number of nitrogens with one attached hydrogen (secondary N) is 1. The van der Waals surface area contributed by atoms with Gasteiger partial charge in [-0.15, -0.1) is 0 Å². The molecule has 14 heavy (non-hydrogen) atoms. The molecule has 1 unspecified atom stereocenters. The molecule has 0 saturated carbocycles. The lowest BCUT2D eigenvalue weighted by molar-refractivity contribution is -0.127. The molecule has 0 spiro atoms. The third-order valence-corrected chi connectivity index (χ3v) is 2.42. The van der Waals surface area contributed by atoms with Crippen LogP contribution >= 0.6 is 0 Å². The smallest absolute Gasteiger partial charge is 0.324 e. The molecule has 4 heteroatoms. The summed E-state index contributed by atoms with van der Waals surface area (Å²) in [6.07, 6.45) is 3.54. The molecule has 4 nitrogen and oxygen atoms in total. The normalized spacial score (nSPS) is 21.6. The van der Waals surface area contributed by atoms with Crippen molar-refractivity contribution in [3.63, 3.8) is 0 Å². The number of carbonyl (C=O) groups excluding carboxylic acids is 2. The number of rotatable bonds is 5. The van der Waals surface area contributed by atoms with Crippen molar-refractivity contribution < 1.29 is 9.59 Å². The number of urea groups is 1. The molecule has 1 aliphatic rings. The van der Waals surface area contributed by atoms with E-state index in [4.69, 9.17) is 0 Å². The van der Waals surface area contributed by atoms with Crippen LogP contribution in [-0.4, -0.2) is 29.4 Å². The standard InChI is InChI=1S/C10H18N2O2/c1-3-5-7-12-9(13)8(6-4-2)11-10(12)14/h8H,3-7H2,1-2H3,(H,11,14). The van der Waals surface area contributed by atoms with Crippen LogP contribution in [0.1, 0.15) is 39.5 Å². The zero-order valence-corrected chi connectivity index (χ0v) is 8.88. The van der Waals surface area contributed by atoms with Gasteiger partial charge in [-0.3, -0.25) is 9.69 Å². The predicted molar refractivity (Wildman–Crippen MR) is 53.8 cm³/mol. The maximum atomic E-state index is 11.7. The Morgan fingerprint density at radius 2 is 2.00 bits per heavy atom. The Balaban J connectivity index is 2.52. The monoisotopic (exact) mass is 198 g/mol. The van der Waals surface area contributed by atoms with Crippen LogP contribution in [0.25, 0.3) is 0 Å². The van der Waals surface area contributed by atoms with Gasteiger partial charge in [0, 0.05) is 6.54 Å². The van der Waals surface area contributed by atoms with Gasteiger partial charge in [0.05, 0.1) is 0 Å². The van der Waals surface area contributed by atoms with Gasteiger partial charge in [-0.25, -0.2) is 4.79 Å². The molecule has 1 rings (SSSR count). The molecule has 80 valence electrons. The number of amides is 3. The second-order valence-electron chi connectivity index (χ2n) is 3.63. The van der Waals surface area contributed by atoms with Crippen molar-refractivity contribution >= 4 is 11.9 Å². The molecule has 1 N–H and O–H groups in total. The summed E-state index contributed by atoms with van der Waals surface area (Å²) >= 11 is 0. The summed E-state index contributed by atoms with van der Waals surface area (Å²) in [6, 6.07) is -0.494. The van der Waals surface area contributed by atoms with Crippen molar-refractivity contribution in [1.82, 2.24) is 10.2 Å². The average molecular weight is 198 g/mol. The van der Waals surface area contributed by atoms with Crippen molar-refractivity contribution in [2.75, 3.05) is 6.54 Å². The highest BCUT2D eigenvalue weighted by atomic mass is 16.2. The Labute approximate surface area is 84.7 Å². The summed E-state index contributed by atoms with van der Waals surface area (Å²) < 4.78 is 0. The first kappa shape index (κ1) is 11.0. The minimum atomic E-state index is -0.274. The molecule has 0 aromatic carbocycles. The van der Waals surface area contributed by atoms with E-state index in [1.165, 1.54) is 4.90 Å². The quantitative estimate of drug-likeness (QED) is 0.681. The summed E-state index contributed by atoms with van der Waals surface area (Å²) in [5.74, 6) is -0.0506. The van der Waals surface area contributed by atoms with E-state index in [2.05, 4.69) is 5.32 Å². The summed E-state index contributed by atoms with van der Waals surface area (Å²) in [4.78, 5) is 24.4. The van der Waals surface area contributed by atoms with Crippen LogP contribution in [-0.2, 0) is 4.79 Å². The maximum Gasteiger partial charge on any atom is 0.324 e. The number of imide groups is 1. The first-order chi connectivity index (χ1) is 6.70. The highest BCUT2D eigenvalue weighted by Gasteiger charge is 2.36. The van der Waals surface area contributed by atoms with Crippen molar-refractivity contribution in [2.45, 2.75) is 45.6 Å². The number of unbranched alkanes of at least 4 members (excludes halogenated alkanes) is 1. The number of hydrogen-bond donors (Lipinski definition) is 1. The molecule has 3 amide bonds.